The van der Waals surface area contributed by atoms with Crippen molar-refractivity contribution < 1.29 is 38.8 Å². The molecular weight excluding hydrogens is 440 g/mol. The molecule has 0 unspecified atom stereocenters. The van der Waals surface area contributed by atoms with Gasteiger partial charge in [0, 0.05) is 38.0 Å². The Morgan fingerprint density at radius 3 is 2.15 bits per heavy atom. The molecule has 0 aromatic heterocycles. The first-order valence-corrected chi connectivity index (χ1v) is 12.0. The number of hydrogen-bond donors (Lipinski definition) is 2. The molecule has 190 valence electrons. The van der Waals surface area contributed by atoms with Gasteiger partial charge >= 0.3 is 17.9 Å². The van der Waals surface area contributed by atoms with Gasteiger partial charge in [0.25, 0.3) is 0 Å². The molecule has 1 saturated carbocycles. The van der Waals surface area contributed by atoms with Crippen molar-refractivity contribution in [2.75, 3.05) is 6.61 Å². The lowest BCUT2D eigenvalue weighted by atomic mass is 9.50. The van der Waals surface area contributed by atoms with Gasteiger partial charge in [-0.1, -0.05) is 26.8 Å². The number of rotatable bonds is 4. The van der Waals surface area contributed by atoms with Gasteiger partial charge in [0.1, 0.15) is 18.3 Å². The van der Waals surface area contributed by atoms with Crippen LogP contribution in [0.25, 0.3) is 0 Å². The SMILES string of the molecule is CC(=O)O[C@@H]1[C@@H]2C[C@H](OC(C)=O)C(C)=C([C@@H](OC(C)=O)[C@H](O)[C@]3(C)CCC=C(CO)[C@@H]13)C2(C)C. The maximum absolute atomic E-state index is 12.3. The third kappa shape index (κ3) is 4.42. The maximum atomic E-state index is 12.3. The lowest BCUT2D eigenvalue weighted by molar-refractivity contribution is -0.188. The van der Waals surface area contributed by atoms with Gasteiger partial charge in [-0.15, -0.1) is 0 Å². The molecule has 0 saturated heterocycles. The predicted molar refractivity (Wildman–Crippen MR) is 123 cm³/mol. The molecule has 1 fully saturated rings. The summed E-state index contributed by atoms with van der Waals surface area (Å²) < 4.78 is 17.5. The minimum absolute atomic E-state index is 0.245. The zero-order valence-corrected chi connectivity index (χ0v) is 21.2. The Labute approximate surface area is 201 Å². The highest BCUT2D eigenvalue weighted by Crippen LogP contribution is 2.59. The summed E-state index contributed by atoms with van der Waals surface area (Å²) in [6.07, 6.45) is 0.0988. The Bertz CT molecular complexity index is 916. The van der Waals surface area contributed by atoms with Gasteiger partial charge < -0.3 is 24.4 Å². The Kier molecular flexibility index (Phi) is 7.35. The van der Waals surface area contributed by atoms with Crippen LogP contribution in [-0.2, 0) is 28.6 Å². The first kappa shape index (κ1) is 26.4. The van der Waals surface area contributed by atoms with Gasteiger partial charge in [0.2, 0.25) is 0 Å². The third-order valence-electron chi connectivity index (χ3n) is 8.25. The van der Waals surface area contributed by atoms with E-state index in [-0.39, 0.29) is 12.5 Å². The van der Waals surface area contributed by atoms with Crippen molar-refractivity contribution in [1.29, 1.82) is 0 Å². The van der Waals surface area contributed by atoms with E-state index in [1.807, 2.05) is 33.8 Å². The van der Waals surface area contributed by atoms with Crippen molar-refractivity contribution in [3.05, 3.63) is 22.8 Å². The Morgan fingerprint density at radius 2 is 1.62 bits per heavy atom. The second-order valence-electron chi connectivity index (χ2n) is 10.8. The van der Waals surface area contributed by atoms with E-state index in [4.69, 9.17) is 14.2 Å². The molecule has 3 aliphatic carbocycles. The minimum atomic E-state index is -1.14. The van der Waals surface area contributed by atoms with Gasteiger partial charge in [-0.05, 0) is 48.3 Å². The van der Waals surface area contributed by atoms with E-state index in [1.165, 1.54) is 20.8 Å². The molecule has 0 radical (unpaired) electrons. The molecule has 0 aromatic rings. The standard InChI is InChI=1S/C26H38O8/c1-13-19(32-14(2)28)11-18-22(33-15(3)29)21-17(12-27)9-8-10-26(21,7)24(31)23(34-16(4)30)20(13)25(18,5)6/h9,18-19,21-24,27,31H,8,10-12H2,1-7H3/t18-,19-,21-,22+,23+,24-,26+/m0/s1. The molecule has 0 aromatic carbocycles. The predicted octanol–water partition coefficient (Wildman–Crippen LogP) is 2.85. The summed E-state index contributed by atoms with van der Waals surface area (Å²) in [5, 5.41) is 22.2. The first-order valence-electron chi connectivity index (χ1n) is 12.0. The van der Waals surface area contributed by atoms with Gasteiger partial charge in [-0.25, -0.2) is 0 Å². The Balaban J connectivity index is 2.35. The zero-order chi connectivity index (χ0) is 25.6. The molecule has 0 amide bonds. The van der Waals surface area contributed by atoms with Crippen molar-refractivity contribution >= 4 is 17.9 Å². The lowest BCUT2D eigenvalue weighted by Gasteiger charge is -2.58. The summed E-state index contributed by atoms with van der Waals surface area (Å²) in [4.78, 5) is 36.5. The van der Waals surface area contributed by atoms with Crippen LogP contribution < -0.4 is 0 Å². The molecule has 0 spiro atoms. The average molecular weight is 479 g/mol. The summed E-state index contributed by atoms with van der Waals surface area (Å²) >= 11 is 0. The fourth-order valence-electron chi connectivity index (χ4n) is 6.79. The second-order valence-corrected chi connectivity index (χ2v) is 10.8. The van der Waals surface area contributed by atoms with Gasteiger partial charge in [-0.3, -0.25) is 14.4 Å². The largest absolute Gasteiger partial charge is 0.462 e. The van der Waals surface area contributed by atoms with Crippen molar-refractivity contribution in [3.63, 3.8) is 0 Å². The molecule has 8 heteroatoms. The van der Waals surface area contributed by atoms with Crippen LogP contribution in [-0.4, -0.2) is 59.1 Å². The monoisotopic (exact) mass is 478 g/mol. The average Bonchev–Trinajstić information content (AvgIpc) is 2.71. The molecule has 0 heterocycles. The highest BCUT2D eigenvalue weighted by atomic mass is 16.6. The molecule has 34 heavy (non-hydrogen) atoms. The first-order chi connectivity index (χ1) is 15.7. The van der Waals surface area contributed by atoms with Crippen LogP contribution >= 0.6 is 0 Å². The van der Waals surface area contributed by atoms with Crippen LogP contribution in [0.15, 0.2) is 22.8 Å². The summed E-state index contributed by atoms with van der Waals surface area (Å²) in [7, 11) is 0. The van der Waals surface area contributed by atoms with E-state index >= 15 is 0 Å². The molecule has 2 N–H and O–H groups in total. The highest BCUT2D eigenvalue weighted by molar-refractivity contribution is 5.68. The van der Waals surface area contributed by atoms with Crippen LogP contribution in [0.1, 0.15) is 67.7 Å². The maximum Gasteiger partial charge on any atom is 0.303 e. The Morgan fingerprint density at radius 1 is 1.03 bits per heavy atom. The summed E-state index contributed by atoms with van der Waals surface area (Å²) in [6, 6.07) is 0. The number of aliphatic hydroxyl groups excluding tert-OH is 2. The van der Waals surface area contributed by atoms with E-state index in [1.54, 1.807) is 0 Å². The number of ether oxygens (including phenoxy) is 3. The summed E-state index contributed by atoms with van der Waals surface area (Å²) in [6.45, 7) is 11.5. The quantitative estimate of drug-likeness (QED) is 0.360. The van der Waals surface area contributed by atoms with Crippen LogP contribution in [0.3, 0.4) is 0 Å². The minimum Gasteiger partial charge on any atom is -0.462 e. The van der Waals surface area contributed by atoms with Gasteiger partial charge in [0.05, 0.1) is 6.61 Å². The van der Waals surface area contributed by atoms with E-state index in [2.05, 4.69) is 0 Å². The molecule has 7 atom stereocenters. The number of hydrogen-bond acceptors (Lipinski definition) is 8. The number of carbonyl (C=O) groups is 3. The van der Waals surface area contributed by atoms with Crippen LogP contribution in [0.2, 0.25) is 0 Å². The summed E-state index contributed by atoms with van der Waals surface area (Å²) in [5.41, 5.74) is 0.590. The van der Waals surface area contributed by atoms with Crippen molar-refractivity contribution in [3.8, 4) is 0 Å². The van der Waals surface area contributed by atoms with Crippen molar-refractivity contribution in [2.24, 2.45) is 22.7 Å². The van der Waals surface area contributed by atoms with Crippen LogP contribution in [0.5, 0.6) is 0 Å². The smallest absolute Gasteiger partial charge is 0.303 e. The normalized spacial score (nSPS) is 36.9. The van der Waals surface area contributed by atoms with Crippen molar-refractivity contribution in [2.45, 2.75) is 92.1 Å². The number of aliphatic hydroxyl groups is 2. The molecule has 0 aliphatic heterocycles. The number of allylic oxidation sites excluding steroid dienone is 1. The summed E-state index contributed by atoms with van der Waals surface area (Å²) in [5.74, 6) is -2.29. The fraction of sp³-hybridized carbons (Fsp3) is 0.731. The molecule has 8 nitrogen and oxygen atoms in total. The lowest BCUT2D eigenvalue weighted by Crippen LogP contribution is -2.62. The molecular formula is C26H38O8. The number of carbonyl (C=O) groups excluding carboxylic acids is 3. The zero-order valence-electron chi connectivity index (χ0n) is 21.2. The van der Waals surface area contributed by atoms with E-state index in [0.29, 0.717) is 30.4 Å². The molecule has 2 bridgehead atoms. The Hall–Kier alpha value is -2.19. The molecule has 3 aliphatic rings. The van der Waals surface area contributed by atoms with E-state index in [0.717, 1.165) is 5.57 Å². The van der Waals surface area contributed by atoms with E-state index < -0.39 is 59.1 Å². The number of fused-ring (bicyclic) bond motifs is 3. The second kappa shape index (κ2) is 9.46. The van der Waals surface area contributed by atoms with Crippen LogP contribution in [0, 0.1) is 22.7 Å². The third-order valence-corrected chi connectivity index (χ3v) is 8.25. The number of esters is 3. The van der Waals surface area contributed by atoms with Crippen LogP contribution in [0.4, 0.5) is 0 Å². The van der Waals surface area contributed by atoms with Gasteiger partial charge in [-0.2, -0.15) is 0 Å². The fourth-order valence-corrected chi connectivity index (χ4v) is 6.79. The molecule has 3 rings (SSSR count). The van der Waals surface area contributed by atoms with Crippen molar-refractivity contribution in [1.82, 2.24) is 0 Å². The van der Waals surface area contributed by atoms with Gasteiger partial charge in [0.15, 0.2) is 6.10 Å². The topological polar surface area (TPSA) is 119 Å². The highest BCUT2D eigenvalue weighted by Gasteiger charge is 2.61. The van der Waals surface area contributed by atoms with E-state index in [9.17, 15) is 24.6 Å².